The second-order valence-electron chi connectivity index (χ2n) is 5.51. The van der Waals surface area contributed by atoms with Crippen LogP contribution in [0.15, 0.2) is 52.7 Å². The molecular formula is C16H18N6O5S. The minimum Gasteiger partial charge on any atom is -0.497 e. The summed E-state index contributed by atoms with van der Waals surface area (Å²) in [5, 5.41) is 8.10. The number of nitrogens with zero attached hydrogens (tertiary/aromatic N) is 5. The van der Waals surface area contributed by atoms with Gasteiger partial charge in [-0.25, -0.2) is 27.5 Å². The lowest BCUT2D eigenvalue weighted by Crippen LogP contribution is -2.32. The molecule has 0 unspecified atom stereocenters. The molecule has 0 radical (unpaired) electrons. The maximum atomic E-state index is 12.6. The van der Waals surface area contributed by atoms with Gasteiger partial charge in [-0.3, -0.25) is 4.79 Å². The summed E-state index contributed by atoms with van der Waals surface area (Å²) in [7, 11) is -1.09. The Balaban J connectivity index is 1.76. The van der Waals surface area contributed by atoms with Crippen LogP contribution in [0.3, 0.4) is 0 Å². The fourth-order valence-electron chi connectivity index (χ4n) is 2.40. The van der Waals surface area contributed by atoms with E-state index in [1.54, 1.807) is 6.07 Å². The molecule has 0 fully saturated rings. The standard InChI is InChI=1S/C16H18N6O5S/c1-26-12-3-4-13(27-2)14(9-12)28(24,25)19-7-8-21-16(23)6-5-15(20-21)22-11-17-10-18-22/h3-6,9-11,19H,7-8H2,1-2H3. The summed E-state index contributed by atoms with van der Waals surface area (Å²) in [6, 6.07) is 7.28. The number of ether oxygens (including phenoxy) is 2. The third-order valence-electron chi connectivity index (χ3n) is 3.78. The van der Waals surface area contributed by atoms with E-state index in [1.165, 1.54) is 55.8 Å². The molecule has 0 spiro atoms. The van der Waals surface area contributed by atoms with E-state index in [4.69, 9.17) is 9.47 Å². The molecule has 0 atom stereocenters. The van der Waals surface area contributed by atoms with Crippen LogP contribution in [0.25, 0.3) is 5.82 Å². The monoisotopic (exact) mass is 406 g/mol. The smallest absolute Gasteiger partial charge is 0.266 e. The van der Waals surface area contributed by atoms with E-state index >= 15 is 0 Å². The molecule has 1 N–H and O–H groups in total. The molecule has 12 heteroatoms. The van der Waals surface area contributed by atoms with Gasteiger partial charge in [-0.05, 0) is 18.2 Å². The van der Waals surface area contributed by atoms with E-state index in [0.29, 0.717) is 11.6 Å². The zero-order valence-electron chi connectivity index (χ0n) is 15.1. The number of sulfonamides is 1. The van der Waals surface area contributed by atoms with E-state index in [9.17, 15) is 13.2 Å². The van der Waals surface area contributed by atoms with E-state index in [2.05, 4.69) is 19.9 Å². The van der Waals surface area contributed by atoms with Gasteiger partial charge in [0.2, 0.25) is 10.0 Å². The van der Waals surface area contributed by atoms with Gasteiger partial charge in [0.1, 0.15) is 29.0 Å². The average Bonchev–Trinajstić information content (AvgIpc) is 3.23. The number of hydrogen-bond donors (Lipinski definition) is 1. The third-order valence-corrected chi connectivity index (χ3v) is 5.26. The number of nitrogens with one attached hydrogen (secondary N) is 1. The van der Waals surface area contributed by atoms with Gasteiger partial charge >= 0.3 is 0 Å². The maximum Gasteiger partial charge on any atom is 0.266 e. The Morgan fingerprint density at radius 3 is 2.64 bits per heavy atom. The van der Waals surface area contributed by atoms with Crippen LogP contribution in [0.2, 0.25) is 0 Å². The minimum absolute atomic E-state index is 0.0207. The zero-order valence-corrected chi connectivity index (χ0v) is 16.0. The van der Waals surface area contributed by atoms with Crippen molar-refractivity contribution >= 4 is 10.0 Å². The van der Waals surface area contributed by atoms with Crippen molar-refractivity contribution in [3.63, 3.8) is 0 Å². The Hall–Kier alpha value is -3.25. The molecule has 3 aromatic rings. The first-order valence-corrected chi connectivity index (χ1v) is 9.58. The van der Waals surface area contributed by atoms with E-state index in [-0.39, 0.29) is 29.3 Å². The summed E-state index contributed by atoms with van der Waals surface area (Å²) in [5.74, 6) is 0.936. The van der Waals surface area contributed by atoms with Gasteiger partial charge in [0.05, 0.1) is 20.8 Å². The Morgan fingerprint density at radius 1 is 1.14 bits per heavy atom. The molecule has 28 heavy (non-hydrogen) atoms. The van der Waals surface area contributed by atoms with Crippen LogP contribution in [0.1, 0.15) is 0 Å². The molecule has 0 saturated carbocycles. The van der Waals surface area contributed by atoms with Crippen molar-refractivity contribution in [3.05, 3.63) is 53.3 Å². The van der Waals surface area contributed by atoms with Crippen LogP contribution in [0.5, 0.6) is 11.5 Å². The maximum absolute atomic E-state index is 12.6. The van der Waals surface area contributed by atoms with Crippen molar-refractivity contribution in [2.24, 2.45) is 0 Å². The molecule has 11 nitrogen and oxygen atoms in total. The quantitative estimate of drug-likeness (QED) is 0.545. The van der Waals surface area contributed by atoms with E-state index in [1.807, 2.05) is 0 Å². The number of benzene rings is 1. The van der Waals surface area contributed by atoms with Gasteiger partial charge in [0.25, 0.3) is 5.56 Å². The molecule has 2 aromatic heterocycles. The van der Waals surface area contributed by atoms with E-state index in [0.717, 1.165) is 4.68 Å². The molecule has 2 heterocycles. The molecular weight excluding hydrogens is 388 g/mol. The van der Waals surface area contributed by atoms with Crippen LogP contribution in [-0.4, -0.2) is 53.7 Å². The van der Waals surface area contributed by atoms with E-state index < -0.39 is 10.0 Å². The molecule has 0 bridgehead atoms. The molecule has 0 saturated heterocycles. The van der Waals surface area contributed by atoms with Gasteiger partial charge in [-0.15, -0.1) is 5.10 Å². The SMILES string of the molecule is COc1ccc(OC)c(S(=O)(=O)NCCn2nc(-n3cncn3)ccc2=O)c1. The first-order valence-electron chi connectivity index (χ1n) is 8.09. The van der Waals surface area contributed by atoms with Crippen molar-refractivity contribution in [2.45, 2.75) is 11.4 Å². The van der Waals surface area contributed by atoms with Crippen molar-refractivity contribution in [1.29, 1.82) is 0 Å². The summed E-state index contributed by atoms with van der Waals surface area (Å²) in [4.78, 5) is 15.7. The van der Waals surface area contributed by atoms with Crippen LogP contribution in [0.4, 0.5) is 0 Å². The Kier molecular flexibility index (Phi) is 5.70. The van der Waals surface area contributed by atoms with Crippen molar-refractivity contribution in [1.82, 2.24) is 29.3 Å². The van der Waals surface area contributed by atoms with Crippen LogP contribution in [-0.2, 0) is 16.6 Å². The molecule has 148 valence electrons. The second-order valence-corrected chi connectivity index (χ2v) is 7.24. The van der Waals surface area contributed by atoms with Gasteiger partial charge in [0.15, 0.2) is 5.82 Å². The van der Waals surface area contributed by atoms with Gasteiger partial charge < -0.3 is 9.47 Å². The number of methoxy groups -OCH3 is 2. The molecule has 1 aromatic carbocycles. The molecule has 0 amide bonds. The number of hydrogen-bond acceptors (Lipinski definition) is 8. The molecule has 0 aliphatic rings. The largest absolute Gasteiger partial charge is 0.497 e. The lowest BCUT2D eigenvalue weighted by atomic mass is 10.3. The van der Waals surface area contributed by atoms with Crippen LogP contribution >= 0.6 is 0 Å². The summed E-state index contributed by atoms with van der Waals surface area (Å²) in [6.07, 6.45) is 2.78. The highest BCUT2D eigenvalue weighted by atomic mass is 32.2. The Bertz CT molecular complexity index is 1110. The predicted octanol–water partition coefficient (Wildman–Crippen LogP) is -0.180. The summed E-state index contributed by atoms with van der Waals surface area (Å²) < 4.78 is 40.4. The number of aromatic nitrogens is 5. The summed E-state index contributed by atoms with van der Waals surface area (Å²) in [5.41, 5.74) is -0.373. The predicted molar refractivity (Wildman–Crippen MR) is 98.1 cm³/mol. The third kappa shape index (κ3) is 4.18. The van der Waals surface area contributed by atoms with Crippen molar-refractivity contribution in [2.75, 3.05) is 20.8 Å². The van der Waals surface area contributed by atoms with Gasteiger partial charge in [-0.2, -0.15) is 5.10 Å². The topological polar surface area (TPSA) is 130 Å². The van der Waals surface area contributed by atoms with Gasteiger partial charge in [0, 0.05) is 18.7 Å². The Labute approximate surface area is 160 Å². The first kappa shape index (κ1) is 19.5. The fraction of sp³-hybridized carbons (Fsp3) is 0.250. The zero-order chi connectivity index (χ0) is 20.1. The van der Waals surface area contributed by atoms with Gasteiger partial charge in [-0.1, -0.05) is 0 Å². The highest BCUT2D eigenvalue weighted by Crippen LogP contribution is 2.27. The normalized spacial score (nSPS) is 11.4. The minimum atomic E-state index is -3.90. The molecule has 0 aliphatic heterocycles. The first-order chi connectivity index (χ1) is 13.4. The highest BCUT2D eigenvalue weighted by molar-refractivity contribution is 7.89. The highest BCUT2D eigenvalue weighted by Gasteiger charge is 2.20. The summed E-state index contributed by atoms with van der Waals surface area (Å²) in [6.45, 7) is -0.0384. The van der Waals surface area contributed by atoms with Crippen LogP contribution in [0, 0.1) is 0 Å². The fourth-order valence-corrected chi connectivity index (χ4v) is 3.61. The van der Waals surface area contributed by atoms with Crippen LogP contribution < -0.4 is 19.8 Å². The molecule has 3 rings (SSSR count). The van der Waals surface area contributed by atoms with Crippen molar-refractivity contribution < 1.29 is 17.9 Å². The molecule has 0 aliphatic carbocycles. The second kappa shape index (κ2) is 8.19. The van der Waals surface area contributed by atoms with Crippen molar-refractivity contribution in [3.8, 4) is 17.3 Å². The lowest BCUT2D eigenvalue weighted by molar-refractivity contribution is 0.392. The summed E-state index contributed by atoms with van der Waals surface area (Å²) >= 11 is 0. The average molecular weight is 406 g/mol. The Morgan fingerprint density at radius 2 is 1.96 bits per heavy atom. The number of rotatable bonds is 8. The lowest BCUT2D eigenvalue weighted by Gasteiger charge is -2.12.